The number of aryl methyl sites for hydroxylation is 1. The maximum Gasteiger partial charge on any atom is 0.273 e. The molecule has 0 saturated carbocycles. The standard InChI is InChI=1S/C33H34ClN3O3S/c1-23-10-20-29(21-11-23)41(39,40)37(22-25-12-18-28(34)19-13-25)31-9-7-6-8-30(31)32(38)36-35-24(2)26-14-16-27(17-15-26)33(3,4)5/h6-21H,22H2,1-5H3,(H,36,38)/b35-24-. The molecule has 1 N–H and O–H groups in total. The number of carbonyl (C=O) groups excluding carboxylic acids is 1. The number of hydrogen-bond donors (Lipinski definition) is 1. The smallest absolute Gasteiger partial charge is 0.267 e. The first-order valence-electron chi connectivity index (χ1n) is 13.2. The second-order valence-electron chi connectivity index (χ2n) is 10.9. The summed E-state index contributed by atoms with van der Waals surface area (Å²) in [6, 6.07) is 28.2. The number of carbonyl (C=O) groups is 1. The zero-order valence-corrected chi connectivity index (χ0v) is 25.4. The molecule has 0 aliphatic rings. The van der Waals surface area contributed by atoms with E-state index in [0.717, 1.165) is 11.1 Å². The molecule has 0 heterocycles. The van der Waals surface area contributed by atoms with Gasteiger partial charge in [-0.15, -0.1) is 0 Å². The van der Waals surface area contributed by atoms with Gasteiger partial charge in [-0.2, -0.15) is 5.10 Å². The Labute approximate surface area is 247 Å². The van der Waals surface area contributed by atoms with Crippen molar-refractivity contribution in [3.05, 3.63) is 130 Å². The van der Waals surface area contributed by atoms with E-state index in [1.54, 1.807) is 72.8 Å². The number of sulfonamides is 1. The molecule has 6 nitrogen and oxygen atoms in total. The van der Waals surface area contributed by atoms with E-state index in [0.29, 0.717) is 16.3 Å². The van der Waals surface area contributed by atoms with E-state index in [1.807, 2.05) is 26.0 Å². The molecule has 4 rings (SSSR count). The number of para-hydroxylation sites is 1. The van der Waals surface area contributed by atoms with Crippen LogP contribution in [0.3, 0.4) is 0 Å². The van der Waals surface area contributed by atoms with E-state index in [1.165, 1.54) is 9.87 Å². The second kappa shape index (κ2) is 12.3. The fourth-order valence-electron chi connectivity index (χ4n) is 4.25. The van der Waals surface area contributed by atoms with E-state index in [2.05, 4.69) is 43.4 Å². The lowest BCUT2D eigenvalue weighted by Crippen LogP contribution is -2.33. The van der Waals surface area contributed by atoms with Crippen molar-refractivity contribution in [3.8, 4) is 0 Å². The van der Waals surface area contributed by atoms with E-state index in [-0.39, 0.29) is 28.1 Å². The van der Waals surface area contributed by atoms with Crippen LogP contribution >= 0.6 is 11.6 Å². The molecular weight excluding hydrogens is 554 g/mol. The third kappa shape index (κ3) is 7.23. The Kier molecular flexibility index (Phi) is 9.00. The van der Waals surface area contributed by atoms with E-state index in [9.17, 15) is 13.2 Å². The van der Waals surface area contributed by atoms with Crippen LogP contribution in [0.4, 0.5) is 5.69 Å². The molecule has 0 bridgehead atoms. The maximum absolute atomic E-state index is 14.0. The summed E-state index contributed by atoms with van der Waals surface area (Å²) in [5.74, 6) is -0.522. The summed E-state index contributed by atoms with van der Waals surface area (Å²) < 4.78 is 29.2. The number of anilines is 1. The first-order valence-corrected chi connectivity index (χ1v) is 15.1. The summed E-state index contributed by atoms with van der Waals surface area (Å²) in [5.41, 5.74) is 7.41. The molecule has 0 unspecified atom stereocenters. The molecule has 0 aliphatic heterocycles. The fraction of sp³-hybridized carbons (Fsp3) is 0.212. The van der Waals surface area contributed by atoms with Crippen molar-refractivity contribution in [2.45, 2.75) is 51.5 Å². The lowest BCUT2D eigenvalue weighted by atomic mass is 9.86. The second-order valence-corrected chi connectivity index (χ2v) is 13.2. The van der Waals surface area contributed by atoms with Crippen molar-refractivity contribution in [1.82, 2.24) is 5.43 Å². The molecule has 4 aromatic rings. The third-order valence-corrected chi connectivity index (χ3v) is 8.79. The normalized spacial score (nSPS) is 12.2. The van der Waals surface area contributed by atoms with Crippen molar-refractivity contribution in [3.63, 3.8) is 0 Å². The van der Waals surface area contributed by atoms with Gasteiger partial charge in [0.2, 0.25) is 0 Å². The highest BCUT2D eigenvalue weighted by molar-refractivity contribution is 7.92. The van der Waals surface area contributed by atoms with Gasteiger partial charge in [0.1, 0.15) is 0 Å². The summed E-state index contributed by atoms with van der Waals surface area (Å²) >= 11 is 6.07. The van der Waals surface area contributed by atoms with Crippen LogP contribution in [0.2, 0.25) is 5.02 Å². The minimum Gasteiger partial charge on any atom is -0.267 e. The third-order valence-electron chi connectivity index (χ3n) is 6.76. The molecular formula is C33H34ClN3O3S. The maximum atomic E-state index is 14.0. The Morgan fingerprint density at radius 2 is 1.49 bits per heavy atom. The van der Waals surface area contributed by atoms with Gasteiger partial charge in [0.15, 0.2) is 0 Å². The van der Waals surface area contributed by atoms with Crippen LogP contribution in [0.5, 0.6) is 0 Å². The number of nitrogens with one attached hydrogen (secondary N) is 1. The van der Waals surface area contributed by atoms with E-state index >= 15 is 0 Å². The van der Waals surface area contributed by atoms with Crippen LogP contribution in [-0.4, -0.2) is 20.0 Å². The molecule has 4 aromatic carbocycles. The van der Waals surface area contributed by atoms with Gasteiger partial charge in [-0.05, 0) is 72.4 Å². The number of halogens is 1. The Hall–Kier alpha value is -3.94. The Balaban J connectivity index is 1.69. The molecule has 0 spiro atoms. The van der Waals surface area contributed by atoms with Crippen LogP contribution in [0.25, 0.3) is 0 Å². The monoisotopic (exact) mass is 587 g/mol. The lowest BCUT2D eigenvalue weighted by molar-refractivity contribution is 0.0955. The minimum absolute atomic E-state index is 0.0000924. The van der Waals surface area contributed by atoms with Crippen molar-refractivity contribution in [1.29, 1.82) is 0 Å². The number of hydrazone groups is 1. The highest BCUT2D eigenvalue weighted by Gasteiger charge is 2.28. The zero-order chi connectivity index (χ0) is 29.8. The SMILES string of the molecule is C/C(=N/NC(=O)c1ccccc1N(Cc1ccc(Cl)cc1)S(=O)(=O)c1ccc(C)cc1)c1ccc(C(C)(C)C)cc1. The van der Waals surface area contributed by atoms with Gasteiger partial charge in [0.25, 0.3) is 15.9 Å². The summed E-state index contributed by atoms with van der Waals surface area (Å²) in [6.45, 7) is 10.2. The van der Waals surface area contributed by atoms with Gasteiger partial charge in [-0.25, -0.2) is 13.8 Å². The van der Waals surface area contributed by atoms with Crippen LogP contribution in [-0.2, 0) is 22.0 Å². The molecule has 0 saturated heterocycles. The minimum atomic E-state index is -4.04. The Morgan fingerprint density at radius 3 is 2.10 bits per heavy atom. The Morgan fingerprint density at radius 1 is 0.878 bits per heavy atom. The molecule has 0 atom stereocenters. The predicted molar refractivity (Wildman–Crippen MR) is 167 cm³/mol. The van der Waals surface area contributed by atoms with E-state index < -0.39 is 15.9 Å². The molecule has 0 aliphatic carbocycles. The average Bonchev–Trinajstić information content (AvgIpc) is 2.95. The molecule has 1 amide bonds. The van der Waals surface area contributed by atoms with Crippen molar-refractivity contribution in [2.24, 2.45) is 5.10 Å². The van der Waals surface area contributed by atoms with Gasteiger partial charge in [-0.3, -0.25) is 9.10 Å². The van der Waals surface area contributed by atoms with Gasteiger partial charge >= 0.3 is 0 Å². The van der Waals surface area contributed by atoms with Crippen molar-refractivity contribution in [2.75, 3.05) is 4.31 Å². The lowest BCUT2D eigenvalue weighted by Gasteiger charge is -2.26. The number of amides is 1. The van der Waals surface area contributed by atoms with Gasteiger partial charge in [0.05, 0.1) is 28.4 Å². The van der Waals surface area contributed by atoms with Gasteiger partial charge in [0, 0.05) is 5.02 Å². The first-order chi connectivity index (χ1) is 19.4. The largest absolute Gasteiger partial charge is 0.273 e. The summed E-state index contributed by atoms with van der Waals surface area (Å²) in [6.07, 6.45) is 0. The predicted octanol–water partition coefficient (Wildman–Crippen LogP) is 7.50. The number of hydrogen-bond acceptors (Lipinski definition) is 4. The number of benzene rings is 4. The van der Waals surface area contributed by atoms with E-state index in [4.69, 9.17) is 11.6 Å². The van der Waals surface area contributed by atoms with Crippen molar-refractivity contribution < 1.29 is 13.2 Å². The molecule has 0 aromatic heterocycles. The van der Waals surface area contributed by atoms with Crippen LogP contribution in [0, 0.1) is 6.92 Å². The van der Waals surface area contributed by atoms with Gasteiger partial charge in [-0.1, -0.05) is 98.6 Å². The van der Waals surface area contributed by atoms with Crippen LogP contribution < -0.4 is 9.73 Å². The Bertz CT molecular complexity index is 1660. The molecule has 212 valence electrons. The quantitative estimate of drug-likeness (QED) is 0.171. The summed E-state index contributed by atoms with van der Waals surface area (Å²) in [7, 11) is -4.04. The zero-order valence-electron chi connectivity index (χ0n) is 23.9. The molecule has 41 heavy (non-hydrogen) atoms. The fourth-order valence-corrected chi connectivity index (χ4v) is 5.84. The highest BCUT2D eigenvalue weighted by atomic mass is 35.5. The average molecular weight is 588 g/mol. The van der Waals surface area contributed by atoms with Crippen LogP contribution in [0.1, 0.15) is 60.3 Å². The molecule has 0 radical (unpaired) electrons. The number of rotatable bonds is 8. The molecule has 8 heteroatoms. The molecule has 0 fully saturated rings. The summed E-state index contributed by atoms with van der Waals surface area (Å²) in [4.78, 5) is 13.6. The number of nitrogens with zero attached hydrogens (tertiary/aromatic N) is 2. The van der Waals surface area contributed by atoms with Gasteiger partial charge < -0.3 is 0 Å². The first kappa shape index (κ1) is 30.0. The highest BCUT2D eigenvalue weighted by Crippen LogP contribution is 2.30. The van der Waals surface area contributed by atoms with Crippen molar-refractivity contribution >= 4 is 38.9 Å². The van der Waals surface area contributed by atoms with Crippen LogP contribution in [0.15, 0.2) is 107 Å². The summed E-state index contributed by atoms with van der Waals surface area (Å²) in [5, 5.41) is 4.87. The topological polar surface area (TPSA) is 78.8 Å².